The van der Waals surface area contributed by atoms with Gasteiger partial charge in [-0.1, -0.05) is 0 Å². The molecule has 0 spiro atoms. The highest BCUT2D eigenvalue weighted by Crippen LogP contribution is 2.29. The lowest BCUT2D eigenvalue weighted by Crippen LogP contribution is -2.52. The Morgan fingerprint density at radius 2 is 1.88 bits per heavy atom. The summed E-state index contributed by atoms with van der Waals surface area (Å²) in [5.41, 5.74) is 7.27. The molecule has 3 rings (SSSR count). The fourth-order valence-electron chi connectivity index (χ4n) is 4.13. The number of primary amides is 1. The molecular weight excluding hydrogens is 431 g/mol. The van der Waals surface area contributed by atoms with Gasteiger partial charge in [0.1, 0.15) is 11.9 Å². The van der Waals surface area contributed by atoms with E-state index in [1.165, 1.54) is 25.1 Å². The summed E-state index contributed by atoms with van der Waals surface area (Å²) in [4.78, 5) is 50.3. The summed E-state index contributed by atoms with van der Waals surface area (Å²) >= 11 is 0. The van der Waals surface area contributed by atoms with Gasteiger partial charge >= 0.3 is 0 Å². The van der Waals surface area contributed by atoms with Gasteiger partial charge in [0.15, 0.2) is 0 Å². The predicted octanol–water partition coefficient (Wildman–Crippen LogP) is 1.37. The third kappa shape index (κ3) is 4.80. The van der Waals surface area contributed by atoms with Gasteiger partial charge in [-0.15, -0.1) is 0 Å². The lowest BCUT2D eigenvalue weighted by Gasteiger charge is -2.20. The molecule has 2 aromatic rings. The van der Waals surface area contributed by atoms with Crippen LogP contribution in [0.1, 0.15) is 57.4 Å². The molecule has 0 fully saturated rings. The first kappa shape index (κ1) is 24.1. The maximum atomic E-state index is 13.6. The van der Waals surface area contributed by atoms with Crippen molar-refractivity contribution < 1.29 is 28.7 Å². The van der Waals surface area contributed by atoms with Crippen molar-refractivity contribution in [1.82, 2.24) is 9.88 Å². The first-order valence-electron chi connectivity index (χ1n) is 10.6. The Morgan fingerprint density at radius 3 is 2.48 bits per heavy atom. The standard InChI is InChI=1S/C23H27FN4O5/c1-11-10-14(7-8-15(11)24)26-22(32)17-12(2)19(28-9-5-4-6-16(17)28)20(30)23(33)27-18(13(3)29)21(25)31/h7-8,10,13,18,29H,4-6,9H2,1-3H3,(H2,25,31)(H,26,32)(H,27,33)/t13-,18+/m1/s1. The number of fused-ring (bicyclic) bond motifs is 1. The summed E-state index contributed by atoms with van der Waals surface area (Å²) < 4.78 is 15.2. The van der Waals surface area contributed by atoms with Gasteiger partial charge in [-0.25, -0.2) is 4.39 Å². The topological polar surface area (TPSA) is 144 Å². The number of aromatic nitrogens is 1. The number of ketones is 1. The number of hydrogen-bond acceptors (Lipinski definition) is 5. The van der Waals surface area contributed by atoms with E-state index in [-0.39, 0.29) is 11.3 Å². The second-order valence-electron chi connectivity index (χ2n) is 8.25. The number of nitrogens with two attached hydrogens (primary N) is 1. The number of halogens is 1. The highest BCUT2D eigenvalue weighted by molar-refractivity contribution is 6.43. The van der Waals surface area contributed by atoms with Crippen LogP contribution >= 0.6 is 0 Å². The number of benzene rings is 1. The summed E-state index contributed by atoms with van der Waals surface area (Å²) in [6.45, 7) is 4.88. The zero-order chi connectivity index (χ0) is 24.4. The quantitative estimate of drug-likeness (QED) is 0.366. The molecule has 33 heavy (non-hydrogen) atoms. The minimum absolute atomic E-state index is 0.0523. The first-order chi connectivity index (χ1) is 15.5. The van der Waals surface area contributed by atoms with Crippen LogP contribution in [0.5, 0.6) is 0 Å². The van der Waals surface area contributed by atoms with E-state index in [0.717, 1.165) is 12.8 Å². The number of aliphatic hydroxyl groups excluding tert-OH is 1. The number of Topliss-reactive ketones (excluding diaryl/α,β-unsaturated/α-hetero) is 1. The van der Waals surface area contributed by atoms with Crippen LogP contribution in [0.4, 0.5) is 10.1 Å². The van der Waals surface area contributed by atoms with Crippen molar-refractivity contribution in [3.05, 3.63) is 52.1 Å². The summed E-state index contributed by atoms with van der Waals surface area (Å²) in [7, 11) is 0. The van der Waals surface area contributed by atoms with Gasteiger partial charge in [0.25, 0.3) is 17.6 Å². The van der Waals surface area contributed by atoms with Gasteiger partial charge in [0, 0.05) is 17.9 Å². The second kappa shape index (κ2) is 9.53. The number of nitrogens with zero attached hydrogens (tertiary/aromatic N) is 1. The highest BCUT2D eigenvalue weighted by atomic mass is 19.1. The molecule has 1 aromatic carbocycles. The van der Waals surface area contributed by atoms with Crippen LogP contribution in [0, 0.1) is 19.7 Å². The van der Waals surface area contributed by atoms with Crippen molar-refractivity contribution in [2.75, 3.05) is 5.32 Å². The fourth-order valence-corrected chi connectivity index (χ4v) is 4.13. The van der Waals surface area contributed by atoms with Crippen molar-refractivity contribution in [2.45, 2.75) is 58.7 Å². The van der Waals surface area contributed by atoms with Crippen LogP contribution in [0.2, 0.25) is 0 Å². The molecule has 1 aliphatic heterocycles. The second-order valence-corrected chi connectivity index (χ2v) is 8.25. The Bertz CT molecular complexity index is 1140. The fraction of sp³-hybridized carbons (Fsp3) is 0.391. The van der Waals surface area contributed by atoms with Crippen LogP contribution in [0.15, 0.2) is 18.2 Å². The summed E-state index contributed by atoms with van der Waals surface area (Å²) in [6, 6.07) is 2.77. The molecule has 0 saturated carbocycles. The van der Waals surface area contributed by atoms with Gasteiger partial charge < -0.3 is 26.0 Å². The molecular formula is C23H27FN4O5. The number of carbonyl (C=O) groups excluding carboxylic acids is 4. The number of anilines is 1. The zero-order valence-corrected chi connectivity index (χ0v) is 18.7. The third-order valence-corrected chi connectivity index (χ3v) is 5.80. The number of carbonyl (C=O) groups is 4. The van der Waals surface area contributed by atoms with Gasteiger partial charge in [-0.05, 0) is 69.4 Å². The van der Waals surface area contributed by atoms with E-state index in [0.29, 0.717) is 35.5 Å². The monoisotopic (exact) mass is 458 g/mol. The molecule has 0 bridgehead atoms. The number of rotatable bonds is 7. The molecule has 0 saturated heterocycles. The van der Waals surface area contributed by atoms with Crippen molar-refractivity contribution in [3.63, 3.8) is 0 Å². The molecule has 9 nitrogen and oxygen atoms in total. The zero-order valence-electron chi connectivity index (χ0n) is 18.7. The molecule has 10 heteroatoms. The Balaban J connectivity index is 1.96. The van der Waals surface area contributed by atoms with Crippen molar-refractivity contribution >= 4 is 29.2 Å². The molecule has 0 aliphatic carbocycles. The highest BCUT2D eigenvalue weighted by Gasteiger charge is 2.34. The number of aryl methyl sites for hydroxylation is 1. The Hall–Kier alpha value is -3.53. The molecule has 1 aromatic heterocycles. The van der Waals surface area contributed by atoms with Crippen LogP contribution in [0.25, 0.3) is 0 Å². The number of nitrogens with one attached hydrogen (secondary N) is 2. The van der Waals surface area contributed by atoms with Crippen molar-refractivity contribution in [2.24, 2.45) is 5.73 Å². The molecule has 2 atom stereocenters. The maximum absolute atomic E-state index is 13.6. The smallest absolute Gasteiger partial charge is 0.294 e. The van der Waals surface area contributed by atoms with E-state index < -0.39 is 41.5 Å². The largest absolute Gasteiger partial charge is 0.391 e. The average molecular weight is 458 g/mol. The van der Waals surface area contributed by atoms with Crippen LogP contribution in [0.3, 0.4) is 0 Å². The summed E-state index contributed by atoms with van der Waals surface area (Å²) in [6.07, 6.45) is 0.824. The lowest BCUT2D eigenvalue weighted by atomic mass is 10.0. The molecule has 176 valence electrons. The summed E-state index contributed by atoms with van der Waals surface area (Å²) in [5, 5.41) is 14.6. The van der Waals surface area contributed by atoms with Gasteiger partial charge in [-0.3, -0.25) is 19.2 Å². The SMILES string of the molecule is Cc1cc(NC(=O)c2c(C)c(C(=O)C(=O)N[C@H](C(N)=O)[C@@H](C)O)n3c2CCCC3)ccc1F. The third-order valence-electron chi connectivity index (χ3n) is 5.80. The average Bonchev–Trinajstić information content (AvgIpc) is 3.05. The number of aliphatic hydroxyl groups is 1. The Kier molecular flexibility index (Phi) is 6.97. The van der Waals surface area contributed by atoms with Gasteiger partial charge in [-0.2, -0.15) is 0 Å². The Labute approximate surface area is 190 Å². The van der Waals surface area contributed by atoms with Crippen LogP contribution in [-0.2, 0) is 22.6 Å². The molecule has 5 N–H and O–H groups in total. The van der Waals surface area contributed by atoms with Gasteiger partial charge in [0.2, 0.25) is 5.91 Å². The molecule has 0 unspecified atom stereocenters. The lowest BCUT2D eigenvalue weighted by molar-refractivity contribution is -0.127. The van der Waals surface area contributed by atoms with E-state index in [1.807, 2.05) is 0 Å². The van der Waals surface area contributed by atoms with Crippen molar-refractivity contribution in [3.8, 4) is 0 Å². The van der Waals surface area contributed by atoms with Gasteiger partial charge in [0.05, 0.1) is 17.4 Å². The maximum Gasteiger partial charge on any atom is 0.294 e. The van der Waals surface area contributed by atoms with Crippen LogP contribution in [-0.4, -0.2) is 45.3 Å². The predicted molar refractivity (Wildman–Crippen MR) is 118 cm³/mol. The summed E-state index contributed by atoms with van der Waals surface area (Å²) in [5.74, 6) is -3.87. The molecule has 2 heterocycles. The first-order valence-corrected chi connectivity index (χ1v) is 10.6. The minimum Gasteiger partial charge on any atom is -0.391 e. The normalized spacial score (nSPS) is 14.7. The van der Waals surface area contributed by atoms with E-state index >= 15 is 0 Å². The molecule has 0 radical (unpaired) electrons. The molecule has 3 amide bonds. The van der Waals surface area contributed by atoms with Crippen molar-refractivity contribution in [1.29, 1.82) is 0 Å². The van der Waals surface area contributed by atoms with E-state index in [1.54, 1.807) is 18.4 Å². The van der Waals surface area contributed by atoms with Crippen LogP contribution < -0.4 is 16.4 Å². The van der Waals surface area contributed by atoms with E-state index in [9.17, 15) is 28.7 Å². The van der Waals surface area contributed by atoms with E-state index in [4.69, 9.17) is 5.73 Å². The number of hydrogen-bond donors (Lipinski definition) is 4. The van der Waals surface area contributed by atoms with E-state index in [2.05, 4.69) is 10.6 Å². The minimum atomic E-state index is -1.43. The molecule has 1 aliphatic rings. The Morgan fingerprint density at radius 1 is 1.18 bits per heavy atom. The number of amides is 3.